The van der Waals surface area contributed by atoms with Gasteiger partial charge in [0.1, 0.15) is 17.4 Å². The molecule has 1 aromatic heterocycles. The van der Waals surface area contributed by atoms with Crippen LogP contribution in [0.1, 0.15) is 26.4 Å². The van der Waals surface area contributed by atoms with E-state index in [4.69, 9.17) is 15.7 Å². The van der Waals surface area contributed by atoms with E-state index in [1.807, 2.05) is 6.07 Å². The van der Waals surface area contributed by atoms with Gasteiger partial charge in [-0.25, -0.2) is 14.0 Å². The number of nitrogen functional groups attached to an aromatic ring is 1. The summed E-state index contributed by atoms with van der Waals surface area (Å²) in [4.78, 5) is 23.9. The standard InChI is InChI=1S/C16H14FN3O5/c1-23-14-10(5-4-9(17)11(14)15(21)24-2)20-7-8(6-18)12(19)13(20)16(22)25-3/h4-5,7H,19H2,1-3H3. The summed E-state index contributed by atoms with van der Waals surface area (Å²) in [5.41, 5.74) is 5.22. The number of halogens is 1. The van der Waals surface area contributed by atoms with Crippen molar-refractivity contribution in [1.29, 1.82) is 5.26 Å². The number of nitriles is 1. The van der Waals surface area contributed by atoms with Crippen molar-refractivity contribution >= 4 is 17.6 Å². The van der Waals surface area contributed by atoms with Crippen molar-refractivity contribution in [1.82, 2.24) is 4.57 Å². The zero-order valence-corrected chi connectivity index (χ0v) is 13.6. The molecule has 25 heavy (non-hydrogen) atoms. The van der Waals surface area contributed by atoms with E-state index in [2.05, 4.69) is 9.47 Å². The number of hydrogen-bond donors (Lipinski definition) is 1. The molecule has 0 spiro atoms. The Morgan fingerprint density at radius 1 is 1.20 bits per heavy atom. The molecule has 0 unspecified atom stereocenters. The van der Waals surface area contributed by atoms with Crippen molar-refractivity contribution in [2.24, 2.45) is 0 Å². The maximum Gasteiger partial charge on any atom is 0.357 e. The van der Waals surface area contributed by atoms with Gasteiger partial charge in [0.15, 0.2) is 11.4 Å². The normalized spacial score (nSPS) is 10.0. The SMILES string of the molecule is COC(=O)c1c(F)ccc(-n2cc(C#N)c(N)c2C(=O)OC)c1OC. The number of benzene rings is 1. The Hall–Kier alpha value is -3.54. The number of nitrogens with two attached hydrogens (primary N) is 1. The van der Waals surface area contributed by atoms with Crippen LogP contribution in [0.3, 0.4) is 0 Å². The highest BCUT2D eigenvalue weighted by molar-refractivity contribution is 5.97. The number of nitrogens with zero attached hydrogens (tertiary/aromatic N) is 2. The first-order valence-corrected chi connectivity index (χ1v) is 6.85. The molecule has 130 valence electrons. The maximum absolute atomic E-state index is 14.1. The van der Waals surface area contributed by atoms with Gasteiger partial charge in [0.2, 0.25) is 0 Å². The van der Waals surface area contributed by atoms with Gasteiger partial charge in [0, 0.05) is 6.20 Å². The first-order chi connectivity index (χ1) is 11.9. The van der Waals surface area contributed by atoms with Crippen LogP contribution in [0.2, 0.25) is 0 Å². The third kappa shape index (κ3) is 2.85. The Morgan fingerprint density at radius 2 is 1.84 bits per heavy atom. The number of hydrogen-bond acceptors (Lipinski definition) is 7. The van der Waals surface area contributed by atoms with Crippen LogP contribution in [0.25, 0.3) is 5.69 Å². The lowest BCUT2D eigenvalue weighted by Gasteiger charge is -2.15. The van der Waals surface area contributed by atoms with Gasteiger partial charge in [0.05, 0.1) is 38.3 Å². The second-order valence-electron chi connectivity index (χ2n) is 4.74. The number of carbonyl (C=O) groups is 2. The molecule has 0 atom stereocenters. The number of rotatable bonds is 4. The van der Waals surface area contributed by atoms with Crippen LogP contribution in [0, 0.1) is 17.1 Å². The minimum absolute atomic E-state index is 0.00592. The summed E-state index contributed by atoms with van der Waals surface area (Å²) in [7, 11) is 3.46. The van der Waals surface area contributed by atoms with Crippen molar-refractivity contribution in [2.75, 3.05) is 27.1 Å². The van der Waals surface area contributed by atoms with Crippen LogP contribution < -0.4 is 10.5 Å². The van der Waals surface area contributed by atoms with E-state index in [1.54, 1.807) is 0 Å². The van der Waals surface area contributed by atoms with Crippen molar-refractivity contribution in [3.8, 4) is 17.5 Å². The van der Waals surface area contributed by atoms with E-state index < -0.39 is 23.3 Å². The molecular weight excluding hydrogens is 333 g/mol. The molecular formula is C16H14FN3O5. The summed E-state index contributed by atoms with van der Waals surface area (Å²) in [6.45, 7) is 0. The average molecular weight is 347 g/mol. The second-order valence-corrected chi connectivity index (χ2v) is 4.74. The van der Waals surface area contributed by atoms with Crippen molar-refractivity contribution in [3.05, 3.63) is 41.0 Å². The minimum Gasteiger partial charge on any atom is -0.494 e. The van der Waals surface area contributed by atoms with Gasteiger partial charge in [-0.1, -0.05) is 0 Å². The van der Waals surface area contributed by atoms with E-state index in [1.165, 1.54) is 23.9 Å². The number of methoxy groups -OCH3 is 3. The fourth-order valence-electron chi connectivity index (χ4n) is 2.34. The average Bonchev–Trinajstić information content (AvgIpc) is 2.96. The van der Waals surface area contributed by atoms with Gasteiger partial charge in [0.25, 0.3) is 0 Å². The van der Waals surface area contributed by atoms with Gasteiger partial charge in [-0.05, 0) is 12.1 Å². The molecule has 0 radical (unpaired) electrons. The first-order valence-electron chi connectivity index (χ1n) is 6.85. The summed E-state index contributed by atoms with van der Waals surface area (Å²) >= 11 is 0. The highest BCUT2D eigenvalue weighted by atomic mass is 19.1. The predicted molar refractivity (Wildman–Crippen MR) is 84.1 cm³/mol. The third-order valence-electron chi connectivity index (χ3n) is 3.48. The van der Waals surface area contributed by atoms with Gasteiger partial charge < -0.3 is 24.5 Å². The predicted octanol–water partition coefficient (Wildman–Crippen LogP) is 1.65. The van der Waals surface area contributed by atoms with Crippen LogP contribution >= 0.6 is 0 Å². The fraction of sp³-hybridized carbons (Fsp3) is 0.188. The summed E-state index contributed by atoms with van der Waals surface area (Å²) < 4.78 is 29.7. The highest BCUT2D eigenvalue weighted by Gasteiger charge is 2.27. The van der Waals surface area contributed by atoms with Crippen molar-refractivity contribution < 1.29 is 28.2 Å². The molecule has 0 amide bonds. The molecule has 0 aliphatic heterocycles. The Labute approximate surface area is 142 Å². The molecule has 1 heterocycles. The molecule has 8 nitrogen and oxygen atoms in total. The van der Waals surface area contributed by atoms with Crippen molar-refractivity contribution in [3.63, 3.8) is 0 Å². The Balaban J connectivity index is 2.86. The quantitative estimate of drug-likeness (QED) is 0.836. The topological polar surface area (TPSA) is 117 Å². The molecule has 2 aromatic rings. The van der Waals surface area contributed by atoms with E-state index in [9.17, 15) is 14.0 Å². The molecule has 2 rings (SSSR count). The van der Waals surface area contributed by atoms with Crippen LogP contribution in [-0.2, 0) is 9.47 Å². The molecule has 2 N–H and O–H groups in total. The van der Waals surface area contributed by atoms with E-state index in [-0.39, 0.29) is 28.4 Å². The first kappa shape index (κ1) is 17.8. The van der Waals surface area contributed by atoms with Gasteiger partial charge in [-0.15, -0.1) is 0 Å². The van der Waals surface area contributed by atoms with Gasteiger partial charge >= 0.3 is 11.9 Å². The molecule has 0 saturated carbocycles. The van der Waals surface area contributed by atoms with Crippen LogP contribution in [-0.4, -0.2) is 37.8 Å². The van der Waals surface area contributed by atoms with Gasteiger partial charge in [-0.3, -0.25) is 0 Å². The van der Waals surface area contributed by atoms with Crippen LogP contribution in [0.5, 0.6) is 5.75 Å². The van der Waals surface area contributed by atoms with E-state index in [0.29, 0.717) is 0 Å². The zero-order chi connectivity index (χ0) is 18.7. The Kier molecular flexibility index (Phi) is 4.93. The van der Waals surface area contributed by atoms with E-state index >= 15 is 0 Å². The number of ether oxygens (including phenoxy) is 3. The molecule has 0 fully saturated rings. The van der Waals surface area contributed by atoms with E-state index in [0.717, 1.165) is 20.3 Å². The monoisotopic (exact) mass is 347 g/mol. The highest BCUT2D eigenvalue weighted by Crippen LogP contribution is 2.34. The molecule has 0 bridgehead atoms. The lowest BCUT2D eigenvalue weighted by atomic mass is 10.1. The fourth-order valence-corrected chi connectivity index (χ4v) is 2.34. The molecule has 1 aromatic carbocycles. The number of esters is 2. The maximum atomic E-state index is 14.1. The molecule has 0 aliphatic rings. The van der Waals surface area contributed by atoms with Crippen LogP contribution in [0.15, 0.2) is 18.3 Å². The number of anilines is 1. The molecule has 0 aliphatic carbocycles. The summed E-state index contributed by atoms with van der Waals surface area (Å²) in [6, 6.07) is 4.12. The molecule has 9 heteroatoms. The summed E-state index contributed by atoms with van der Waals surface area (Å²) in [5, 5.41) is 9.15. The largest absolute Gasteiger partial charge is 0.494 e. The Bertz CT molecular complexity index is 898. The van der Waals surface area contributed by atoms with Crippen LogP contribution in [0.4, 0.5) is 10.1 Å². The Morgan fingerprint density at radius 3 is 2.36 bits per heavy atom. The minimum atomic E-state index is -0.962. The lowest BCUT2D eigenvalue weighted by molar-refractivity contribution is 0.0585. The third-order valence-corrected chi connectivity index (χ3v) is 3.48. The van der Waals surface area contributed by atoms with Crippen molar-refractivity contribution in [2.45, 2.75) is 0 Å². The summed E-state index contributed by atoms with van der Waals surface area (Å²) in [5.74, 6) is -2.83. The summed E-state index contributed by atoms with van der Waals surface area (Å²) in [6.07, 6.45) is 1.26. The van der Waals surface area contributed by atoms with Gasteiger partial charge in [-0.2, -0.15) is 5.26 Å². The number of carbonyl (C=O) groups excluding carboxylic acids is 2. The second kappa shape index (κ2) is 6.92. The molecule has 0 saturated heterocycles. The smallest absolute Gasteiger partial charge is 0.357 e. The number of aromatic nitrogens is 1. The lowest BCUT2D eigenvalue weighted by Crippen LogP contribution is -2.14. The zero-order valence-electron chi connectivity index (χ0n) is 13.6.